The molecule has 2 aromatic heterocycles. The molecule has 0 saturated heterocycles. The first-order chi connectivity index (χ1) is 10.2. The molecule has 0 aliphatic carbocycles. The fourth-order valence-electron chi connectivity index (χ4n) is 2.00. The van der Waals surface area contributed by atoms with E-state index in [-0.39, 0.29) is 11.7 Å². The number of phenolic OH excluding ortho intramolecular Hbond substituents is 1. The monoisotopic (exact) mass is 279 g/mol. The lowest BCUT2D eigenvalue weighted by molar-refractivity contribution is -0.111. The van der Waals surface area contributed by atoms with Crippen LogP contribution in [0.1, 0.15) is 5.69 Å². The average Bonchev–Trinajstić information content (AvgIpc) is 2.88. The molecule has 5 heteroatoms. The van der Waals surface area contributed by atoms with E-state index in [1.807, 2.05) is 28.8 Å². The van der Waals surface area contributed by atoms with E-state index in [2.05, 4.69) is 10.3 Å². The number of phenols is 1. The van der Waals surface area contributed by atoms with Crippen LogP contribution in [0.4, 0.5) is 5.69 Å². The smallest absolute Gasteiger partial charge is 0.248 e. The fourth-order valence-corrected chi connectivity index (χ4v) is 2.00. The van der Waals surface area contributed by atoms with Gasteiger partial charge in [0.15, 0.2) is 0 Å². The summed E-state index contributed by atoms with van der Waals surface area (Å²) in [5.74, 6) is -0.162. The first kappa shape index (κ1) is 12.9. The second-order valence-electron chi connectivity index (χ2n) is 4.48. The van der Waals surface area contributed by atoms with Crippen molar-refractivity contribution < 1.29 is 9.90 Å². The molecule has 0 atom stereocenters. The molecule has 3 rings (SSSR count). The Balaban J connectivity index is 1.75. The first-order valence-corrected chi connectivity index (χ1v) is 6.42. The Kier molecular flexibility index (Phi) is 3.39. The maximum atomic E-state index is 11.8. The van der Waals surface area contributed by atoms with Gasteiger partial charge in [0.1, 0.15) is 11.4 Å². The van der Waals surface area contributed by atoms with E-state index in [1.54, 1.807) is 30.5 Å². The summed E-state index contributed by atoms with van der Waals surface area (Å²) in [6.45, 7) is 0. The van der Waals surface area contributed by atoms with Crippen molar-refractivity contribution in [3.63, 3.8) is 0 Å². The normalized spacial score (nSPS) is 11.0. The van der Waals surface area contributed by atoms with E-state index in [9.17, 15) is 9.90 Å². The maximum absolute atomic E-state index is 11.8. The highest BCUT2D eigenvalue weighted by molar-refractivity contribution is 6.01. The number of aromatic nitrogens is 2. The van der Waals surface area contributed by atoms with Gasteiger partial charge in [-0.25, -0.2) is 4.98 Å². The second-order valence-corrected chi connectivity index (χ2v) is 4.48. The van der Waals surface area contributed by atoms with Crippen molar-refractivity contribution in [1.82, 2.24) is 9.38 Å². The molecule has 21 heavy (non-hydrogen) atoms. The minimum absolute atomic E-state index is 0.110. The van der Waals surface area contributed by atoms with Crippen LogP contribution in [-0.2, 0) is 4.79 Å². The van der Waals surface area contributed by atoms with E-state index in [4.69, 9.17) is 0 Å². The SMILES string of the molecule is O=C(/C=C/c1cnc2ccccn12)Nc1cccc(O)c1. The topological polar surface area (TPSA) is 66.6 Å². The molecule has 0 fully saturated rings. The van der Waals surface area contributed by atoms with Gasteiger partial charge in [0.2, 0.25) is 5.91 Å². The van der Waals surface area contributed by atoms with Gasteiger partial charge < -0.3 is 14.8 Å². The number of pyridine rings is 1. The number of fused-ring (bicyclic) bond motifs is 1. The number of carbonyl (C=O) groups is 1. The molecule has 1 aromatic carbocycles. The van der Waals surface area contributed by atoms with Crippen LogP contribution in [0, 0.1) is 0 Å². The summed E-state index contributed by atoms with van der Waals surface area (Å²) in [6, 6.07) is 12.1. The minimum atomic E-state index is -0.272. The number of anilines is 1. The van der Waals surface area contributed by atoms with E-state index < -0.39 is 0 Å². The summed E-state index contributed by atoms with van der Waals surface area (Å²) in [5, 5.41) is 12.0. The van der Waals surface area contributed by atoms with Crippen molar-refractivity contribution >= 4 is 23.3 Å². The van der Waals surface area contributed by atoms with E-state index in [1.165, 1.54) is 12.1 Å². The zero-order chi connectivity index (χ0) is 14.7. The van der Waals surface area contributed by atoms with Gasteiger partial charge in [-0.3, -0.25) is 4.79 Å². The number of hydrogen-bond donors (Lipinski definition) is 2. The summed E-state index contributed by atoms with van der Waals surface area (Å²) in [6.07, 6.45) is 6.71. The van der Waals surface area contributed by atoms with Gasteiger partial charge in [-0.15, -0.1) is 0 Å². The summed E-state index contributed by atoms with van der Waals surface area (Å²) in [7, 11) is 0. The van der Waals surface area contributed by atoms with Crippen LogP contribution in [0.3, 0.4) is 0 Å². The van der Waals surface area contributed by atoms with E-state index >= 15 is 0 Å². The Morgan fingerprint density at radius 1 is 1.24 bits per heavy atom. The number of nitrogens with zero attached hydrogens (tertiary/aromatic N) is 2. The number of imidazole rings is 1. The van der Waals surface area contributed by atoms with Gasteiger partial charge in [0.25, 0.3) is 0 Å². The van der Waals surface area contributed by atoms with Gasteiger partial charge >= 0.3 is 0 Å². The number of carbonyl (C=O) groups excluding carboxylic acids is 1. The molecular weight excluding hydrogens is 266 g/mol. The molecule has 1 amide bonds. The van der Waals surface area contributed by atoms with Crippen molar-refractivity contribution in [2.75, 3.05) is 5.32 Å². The van der Waals surface area contributed by atoms with Gasteiger partial charge in [0, 0.05) is 24.0 Å². The third-order valence-corrected chi connectivity index (χ3v) is 2.96. The summed E-state index contributed by atoms with van der Waals surface area (Å²) in [4.78, 5) is 16.1. The molecule has 2 N–H and O–H groups in total. The molecule has 0 unspecified atom stereocenters. The van der Waals surface area contributed by atoms with Crippen LogP contribution >= 0.6 is 0 Å². The fraction of sp³-hybridized carbons (Fsp3) is 0. The second kappa shape index (κ2) is 5.50. The lowest BCUT2D eigenvalue weighted by Crippen LogP contribution is -2.07. The predicted octanol–water partition coefficient (Wildman–Crippen LogP) is 2.69. The molecule has 0 bridgehead atoms. The molecule has 0 radical (unpaired) electrons. The minimum Gasteiger partial charge on any atom is -0.508 e. The molecule has 5 nitrogen and oxygen atoms in total. The van der Waals surface area contributed by atoms with Crippen LogP contribution in [-0.4, -0.2) is 20.4 Å². The highest BCUT2D eigenvalue weighted by atomic mass is 16.3. The molecule has 2 heterocycles. The first-order valence-electron chi connectivity index (χ1n) is 6.42. The predicted molar refractivity (Wildman–Crippen MR) is 81.0 cm³/mol. The van der Waals surface area contributed by atoms with Crippen LogP contribution in [0.5, 0.6) is 5.75 Å². The molecule has 0 saturated carbocycles. The van der Waals surface area contributed by atoms with E-state index in [0.717, 1.165) is 11.3 Å². The van der Waals surface area contributed by atoms with Crippen molar-refractivity contribution in [3.05, 3.63) is 66.6 Å². The largest absolute Gasteiger partial charge is 0.508 e. The molecule has 0 aliphatic rings. The lowest BCUT2D eigenvalue weighted by atomic mass is 10.3. The van der Waals surface area contributed by atoms with Crippen molar-refractivity contribution in [2.24, 2.45) is 0 Å². The summed E-state index contributed by atoms with van der Waals surface area (Å²) < 4.78 is 1.89. The highest BCUT2D eigenvalue weighted by Crippen LogP contribution is 2.15. The number of nitrogens with one attached hydrogen (secondary N) is 1. The van der Waals surface area contributed by atoms with Crippen LogP contribution in [0.25, 0.3) is 11.7 Å². The Bertz CT molecular complexity index is 821. The maximum Gasteiger partial charge on any atom is 0.248 e. The number of hydrogen-bond acceptors (Lipinski definition) is 3. The Labute approximate surface area is 121 Å². The zero-order valence-corrected chi connectivity index (χ0v) is 11.1. The molecule has 0 spiro atoms. The molecule has 104 valence electrons. The molecule has 0 aliphatic heterocycles. The average molecular weight is 279 g/mol. The Morgan fingerprint density at radius 2 is 2.14 bits per heavy atom. The number of aromatic hydroxyl groups is 1. The summed E-state index contributed by atoms with van der Waals surface area (Å²) in [5.41, 5.74) is 2.19. The zero-order valence-electron chi connectivity index (χ0n) is 11.1. The van der Waals surface area contributed by atoms with Crippen molar-refractivity contribution in [1.29, 1.82) is 0 Å². The standard InChI is InChI=1S/C16H13N3O2/c20-14-5-3-4-12(10-14)18-16(21)8-7-13-11-17-15-6-1-2-9-19(13)15/h1-11,20H,(H,18,21)/b8-7+. The van der Waals surface area contributed by atoms with Gasteiger partial charge in [-0.2, -0.15) is 0 Å². The van der Waals surface area contributed by atoms with Crippen LogP contribution in [0.2, 0.25) is 0 Å². The highest BCUT2D eigenvalue weighted by Gasteiger charge is 2.01. The summed E-state index contributed by atoms with van der Waals surface area (Å²) >= 11 is 0. The van der Waals surface area contributed by atoms with Gasteiger partial charge in [-0.1, -0.05) is 12.1 Å². The third kappa shape index (κ3) is 2.92. The number of rotatable bonds is 3. The third-order valence-electron chi connectivity index (χ3n) is 2.96. The lowest BCUT2D eigenvalue weighted by Gasteiger charge is -2.02. The van der Waals surface area contributed by atoms with Gasteiger partial charge in [-0.05, 0) is 30.3 Å². The molecular formula is C16H13N3O2. The van der Waals surface area contributed by atoms with Gasteiger partial charge in [0.05, 0.1) is 11.9 Å². The van der Waals surface area contributed by atoms with Crippen LogP contribution in [0.15, 0.2) is 60.9 Å². The quantitative estimate of drug-likeness (QED) is 0.724. The molecule has 3 aromatic rings. The number of benzene rings is 1. The van der Waals surface area contributed by atoms with E-state index in [0.29, 0.717) is 5.69 Å². The van der Waals surface area contributed by atoms with Crippen molar-refractivity contribution in [2.45, 2.75) is 0 Å². The van der Waals surface area contributed by atoms with Crippen molar-refractivity contribution in [3.8, 4) is 5.75 Å². The Hall–Kier alpha value is -3.08. The van der Waals surface area contributed by atoms with Crippen LogP contribution < -0.4 is 5.32 Å². The Morgan fingerprint density at radius 3 is 3.00 bits per heavy atom. The number of amides is 1.